The van der Waals surface area contributed by atoms with Crippen molar-refractivity contribution in [1.82, 2.24) is 4.73 Å². The van der Waals surface area contributed by atoms with Gasteiger partial charge in [0.15, 0.2) is 0 Å². The summed E-state index contributed by atoms with van der Waals surface area (Å²) in [5.74, 6) is -0.407. The summed E-state index contributed by atoms with van der Waals surface area (Å²) in [6.45, 7) is 6.39. The molecule has 2 rings (SSSR count). The molecule has 0 atom stereocenters. The van der Waals surface area contributed by atoms with Gasteiger partial charge in [0.2, 0.25) is 5.78 Å². The van der Waals surface area contributed by atoms with E-state index in [2.05, 4.69) is 0 Å². The number of carbonyl (C=O) groups is 1. The molecule has 0 amide bonds. The Balaban J connectivity index is 3.15. The Morgan fingerprint density at radius 3 is 2.44 bits per heavy atom. The predicted molar refractivity (Wildman–Crippen MR) is 68.3 cm³/mol. The molecule has 1 aromatic heterocycles. The van der Waals surface area contributed by atoms with Gasteiger partial charge in [-0.25, -0.2) is 0 Å². The lowest BCUT2D eigenvalue weighted by Gasteiger charge is -2.16. The lowest BCUT2D eigenvalue weighted by molar-refractivity contribution is -0.468. The summed E-state index contributed by atoms with van der Waals surface area (Å²) >= 11 is 0. The quantitative estimate of drug-likeness (QED) is 0.571. The highest BCUT2D eigenvalue weighted by atomic mass is 16.5. The molecule has 5 heteroatoms. The zero-order valence-corrected chi connectivity index (χ0v) is 10.8. The normalized spacial score (nSPS) is 10.9. The van der Waals surface area contributed by atoms with E-state index in [1.54, 1.807) is 19.1 Å². The number of fused-ring (bicyclic) bond motifs is 1. The third kappa shape index (κ3) is 1.51. The molecule has 0 aliphatic rings. The molecule has 0 aliphatic carbocycles. The maximum atomic E-state index is 12.3. The van der Waals surface area contributed by atoms with Crippen LogP contribution in [0.5, 0.6) is 0 Å². The molecule has 94 valence electrons. The van der Waals surface area contributed by atoms with Crippen LogP contribution in [0.25, 0.3) is 11.0 Å². The van der Waals surface area contributed by atoms with Gasteiger partial charge in [-0.1, -0.05) is 6.07 Å². The monoisotopic (exact) mass is 246 g/mol. The first-order valence-corrected chi connectivity index (χ1v) is 5.62. The molecule has 5 nitrogen and oxygen atoms in total. The number of Topliss-reactive ketones (excluding diaryl/α,β-unsaturated/α-hetero) is 1. The molecular weight excluding hydrogens is 232 g/mol. The molecule has 0 saturated heterocycles. The highest BCUT2D eigenvalue weighted by Gasteiger charge is 2.25. The van der Waals surface area contributed by atoms with Crippen LogP contribution in [0.1, 0.15) is 34.2 Å². The molecule has 0 spiro atoms. The van der Waals surface area contributed by atoms with Crippen molar-refractivity contribution in [3.63, 3.8) is 0 Å². The van der Waals surface area contributed by atoms with Crippen molar-refractivity contribution in [2.75, 3.05) is 0 Å². The largest absolute Gasteiger partial charge is 0.805 e. The average Bonchev–Trinajstić information content (AvgIpc) is 2.29. The van der Waals surface area contributed by atoms with E-state index < -0.39 is 5.78 Å². The maximum Gasteiger partial charge on any atom is 0.324 e. The molecule has 18 heavy (non-hydrogen) atoms. The van der Waals surface area contributed by atoms with Crippen molar-refractivity contribution < 1.29 is 9.22 Å². The van der Waals surface area contributed by atoms with Gasteiger partial charge in [-0.3, -0.25) is 4.79 Å². The van der Waals surface area contributed by atoms with Crippen LogP contribution >= 0.6 is 0 Å². The second kappa shape index (κ2) is 3.94. The van der Waals surface area contributed by atoms with Crippen molar-refractivity contribution in [3.05, 3.63) is 44.8 Å². The van der Waals surface area contributed by atoms with Crippen molar-refractivity contribution in [2.45, 2.75) is 27.7 Å². The third-order valence-electron chi connectivity index (χ3n) is 3.29. The van der Waals surface area contributed by atoms with Crippen LogP contribution < -0.4 is 4.43 Å². The van der Waals surface area contributed by atoms with Crippen LogP contribution in [-0.4, -0.2) is 10.5 Å². The number of nitrogens with zero attached hydrogens (tertiary/aromatic N) is 2. The Hall–Kier alpha value is -2.17. The van der Waals surface area contributed by atoms with E-state index in [4.69, 9.17) is 0 Å². The van der Waals surface area contributed by atoms with Crippen LogP contribution in [0.2, 0.25) is 0 Å². The van der Waals surface area contributed by atoms with Gasteiger partial charge < -0.3 is 9.94 Å². The minimum atomic E-state index is -0.407. The number of ketones is 1. The van der Waals surface area contributed by atoms with E-state index in [9.17, 15) is 14.9 Å². The molecule has 0 saturated carbocycles. The lowest BCUT2D eigenvalue weighted by Crippen LogP contribution is -2.30. The first-order chi connectivity index (χ1) is 8.36. The predicted octanol–water partition coefficient (Wildman–Crippen LogP) is 2.03. The first kappa shape index (κ1) is 12.3. The molecule has 0 bridgehead atoms. The van der Waals surface area contributed by atoms with Gasteiger partial charge in [-0.15, -0.1) is 0 Å². The lowest BCUT2D eigenvalue weighted by atomic mass is 10.1. The Labute approximate surface area is 104 Å². The average molecular weight is 246 g/mol. The topological polar surface area (TPSA) is 68.0 Å². The standard InChI is InChI=1S/C13H14N2O3/c1-7-5-6-11-12(8(7)2)15(18)13(10(4)16)9(3)14(11)17/h5-6H,1-4H3. The maximum absolute atomic E-state index is 12.3. The molecule has 1 aromatic carbocycles. The van der Waals surface area contributed by atoms with Gasteiger partial charge >= 0.3 is 5.69 Å². The van der Waals surface area contributed by atoms with Crippen LogP contribution in [0, 0.1) is 30.9 Å². The summed E-state index contributed by atoms with van der Waals surface area (Å²) in [7, 11) is 0. The van der Waals surface area contributed by atoms with E-state index in [1.165, 1.54) is 13.8 Å². The van der Waals surface area contributed by atoms with Crippen LogP contribution in [0.4, 0.5) is 0 Å². The second-order valence-electron chi connectivity index (χ2n) is 4.45. The first-order valence-electron chi connectivity index (χ1n) is 5.62. The van der Waals surface area contributed by atoms with Crippen molar-refractivity contribution in [3.8, 4) is 0 Å². The molecule has 0 N–H and O–H groups in total. The second-order valence-corrected chi connectivity index (χ2v) is 4.45. The molecule has 2 aromatic rings. The van der Waals surface area contributed by atoms with Gasteiger partial charge in [0.05, 0.1) is 10.1 Å². The van der Waals surface area contributed by atoms with E-state index in [1.807, 2.05) is 6.92 Å². The minimum Gasteiger partial charge on any atom is -0.805 e. The summed E-state index contributed by atoms with van der Waals surface area (Å²) in [4.78, 5) is 23.8. The Bertz CT molecular complexity index is 729. The van der Waals surface area contributed by atoms with E-state index in [0.29, 0.717) is 9.16 Å². The molecule has 1 heterocycles. The summed E-state index contributed by atoms with van der Waals surface area (Å²) < 4.78 is 1.22. The van der Waals surface area contributed by atoms with Crippen LogP contribution in [0.3, 0.4) is 0 Å². The molecule has 0 unspecified atom stereocenters. The highest BCUT2D eigenvalue weighted by Crippen LogP contribution is 2.20. The Kier molecular flexibility index (Phi) is 2.69. The number of carbonyl (C=O) groups excluding carboxylic acids is 1. The number of benzene rings is 1. The van der Waals surface area contributed by atoms with Crippen molar-refractivity contribution in [2.24, 2.45) is 0 Å². The summed E-state index contributed by atoms with van der Waals surface area (Å²) in [6.07, 6.45) is 0. The van der Waals surface area contributed by atoms with Gasteiger partial charge in [0.1, 0.15) is 5.52 Å². The molecular formula is C13H14N2O3. The summed E-state index contributed by atoms with van der Waals surface area (Å²) in [5, 5.41) is 12.1. The fraction of sp³-hybridized carbons (Fsp3) is 0.308. The highest BCUT2D eigenvalue weighted by molar-refractivity contribution is 5.93. The van der Waals surface area contributed by atoms with E-state index in [0.717, 1.165) is 11.1 Å². The van der Waals surface area contributed by atoms with E-state index in [-0.39, 0.29) is 22.4 Å². The van der Waals surface area contributed by atoms with E-state index >= 15 is 0 Å². The molecule has 0 aliphatic heterocycles. The summed E-state index contributed by atoms with van der Waals surface area (Å²) in [6, 6.07) is 3.40. The van der Waals surface area contributed by atoms with Crippen LogP contribution in [-0.2, 0) is 0 Å². The van der Waals surface area contributed by atoms with Gasteiger partial charge in [0, 0.05) is 17.4 Å². The fourth-order valence-corrected chi connectivity index (χ4v) is 2.14. The fourth-order valence-electron chi connectivity index (χ4n) is 2.14. The number of hydrogen-bond donors (Lipinski definition) is 0. The van der Waals surface area contributed by atoms with Crippen molar-refractivity contribution >= 4 is 16.8 Å². The molecule has 0 radical (unpaired) electrons. The minimum absolute atomic E-state index is 0.0915. The zero-order valence-electron chi connectivity index (χ0n) is 10.8. The number of aryl methyl sites for hydroxylation is 2. The van der Waals surface area contributed by atoms with Gasteiger partial charge in [-0.05, 0) is 32.4 Å². The number of hydrogen-bond acceptors (Lipinski definition) is 3. The van der Waals surface area contributed by atoms with Gasteiger partial charge in [-0.2, -0.15) is 0 Å². The molecule has 0 fully saturated rings. The SMILES string of the molecule is CC(=O)c1c(C)n([O-])c2ccc(C)c(C)c2[n+]1=O. The smallest absolute Gasteiger partial charge is 0.324 e. The number of aromatic nitrogens is 2. The van der Waals surface area contributed by atoms with Gasteiger partial charge in [0.25, 0.3) is 5.52 Å². The van der Waals surface area contributed by atoms with Crippen LogP contribution in [0.15, 0.2) is 12.1 Å². The number of rotatable bonds is 1. The zero-order chi connectivity index (χ0) is 13.6. The Morgan fingerprint density at radius 2 is 1.89 bits per heavy atom. The third-order valence-corrected chi connectivity index (χ3v) is 3.29. The summed E-state index contributed by atoms with van der Waals surface area (Å²) in [5.41, 5.74) is 2.22. The van der Waals surface area contributed by atoms with Crippen molar-refractivity contribution in [1.29, 1.82) is 0 Å². The Morgan fingerprint density at radius 1 is 1.28 bits per heavy atom.